The van der Waals surface area contributed by atoms with E-state index in [-0.39, 0.29) is 4.65 Å². The number of quaternary nitrogens is 1. The lowest BCUT2D eigenvalue weighted by Gasteiger charge is -2.33. The number of unbranched alkanes of at least 4 members (excludes halogenated alkanes) is 9. The van der Waals surface area contributed by atoms with Gasteiger partial charge in [0.15, 0.2) is 0 Å². The third kappa shape index (κ3) is 17.5. The molecule has 0 radical (unpaired) electrons. The number of hydrogen-bond donors (Lipinski definition) is 0. The molecule has 0 heterocycles. The normalized spacial score (nSPS) is 11.8. The van der Waals surface area contributed by atoms with E-state index < -0.39 is 0 Å². The van der Waals surface area contributed by atoms with Crippen LogP contribution in [0.15, 0.2) is 0 Å². The summed E-state index contributed by atoms with van der Waals surface area (Å²) in [4.78, 5) is 11.7. The largest absolute Gasteiger partial charge is 0.633 e. The van der Waals surface area contributed by atoms with Crippen molar-refractivity contribution in [2.45, 2.75) is 90.4 Å². The van der Waals surface area contributed by atoms with Gasteiger partial charge in [-0.05, 0) is 19.3 Å². The zero-order valence-corrected chi connectivity index (χ0v) is 14.7. The molecule has 0 saturated heterocycles. The molecule has 0 N–H and O–H groups in total. The van der Waals surface area contributed by atoms with Crippen molar-refractivity contribution in [2.75, 3.05) is 20.6 Å². The summed E-state index contributed by atoms with van der Waals surface area (Å²) in [5.74, 6) is 0.383. The van der Waals surface area contributed by atoms with Crippen molar-refractivity contribution in [2.24, 2.45) is 0 Å². The van der Waals surface area contributed by atoms with Crippen LogP contribution < -0.4 is 0 Å². The van der Waals surface area contributed by atoms with Gasteiger partial charge in [-0.3, -0.25) is 4.79 Å². The predicted molar refractivity (Wildman–Crippen MR) is 91.0 cm³/mol. The Morgan fingerprint density at radius 1 is 0.762 bits per heavy atom. The number of hydrogen-bond acceptors (Lipinski definition) is 2. The first-order valence-corrected chi connectivity index (χ1v) is 9.01. The van der Waals surface area contributed by atoms with Crippen LogP contribution in [0, 0.1) is 5.21 Å². The van der Waals surface area contributed by atoms with E-state index in [0.717, 1.165) is 25.7 Å². The zero-order valence-electron chi connectivity index (χ0n) is 14.7. The Hall–Kier alpha value is -0.410. The van der Waals surface area contributed by atoms with Gasteiger partial charge in [0.1, 0.15) is 5.78 Å². The van der Waals surface area contributed by atoms with Gasteiger partial charge in [-0.25, -0.2) is 0 Å². The molecule has 0 aromatic heterocycles. The maximum atomic E-state index is 11.7. The fraction of sp³-hybridized carbons (Fsp3) is 0.944. The van der Waals surface area contributed by atoms with E-state index in [2.05, 4.69) is 6.92 Å². The topological polar surface area (TPSA) is 40.1 Å². The molecule has 0 unspecified atom stereocenters. The molecule has 0 atom stereocenters. The van der Waals surface area contributed by atoms with Gasteiger partial charge in [0, 0.05) is 12.8 Å². The summed E-state index contributed by atoms with van der Waals surface area (Å²) < 4.78 is -0.244. The highest BCUT2D eigenvalue weighted by atomic mass is 16.5. The van der Waals surface area contributed by atoms with Crippen molar-refractivity contribution in [3.63, 3.8) is 0 Å². The van der Waals surface area contributed by atoms with Crippen LogP contribution >= 0.6 is 0 Å². The van der Waals surface area contributed by atoms with Crippen LogP contribution in [0.25, 0.3) is 0 Å². The Labute approximate surface area is 132 Å². The lowest BCUT2D eigenvalue weighted by atomic mass is 10.0. The molecule has 0 rings (SSSR count). The molecule has 0 bridgehead atoms. The van der Waals surface area contributed by atoms with Crippen LogP contribution in [0.5, 0.6) is 0 Å². The molecular formula is C18H37NO2. The van der Waals surface area contributed by atoms with Crippen LogP contribution in [-0.2, 0) is 4.79 Å². The van der Waals surface area contributed by atoms with Crippen molar-refractivity contribution in [3.05, 3.63) is 5.21 Å². The highest BCUT2D eigenvalue weighted by Gasteiger charge is 2.05. The van der Waals surface area contributed by atoms with E-state index >= 15 is 0 Å². The van der Waals surface area contributed by atoms with Gasteiger partial charge >= 0.3 is 0 Å². The first-order valence-electron chi connectivity index (χ1n) is 9.01. The summed E-state index contributed by atoms with van der Waals surface area (Å²) in [6.07, 6.45) is 14.8. The lowest BCUT2D eigenvalue weighted by molar-refractivity contribution is -0.840. The van der Waals surface area contributed by atoms with Crippen molar-refractivity contribution in [3.8, 4) is 0 Å². The molecule has 3 nitrogen and oxygen atoms in total. The fourth-order valence-corrected chi connectivity index (χ4v) is 2.57. The number of carbonyl (C=O) groups is 1. The molecule has 0 aliphatic rings. The van der Waals surface area contributed by atoms with E-state index in [0.29, 0.717) is 18.7 Å². The lowest BCUT2D eigenvalue weighted by Crippen LogP contribution is -2.33. The van der Waals surface area contributed by atoms with Gasteiger partial charge < -0.3 is 9.85 Å². The SMILES string of the molecule is CCCCCCCCCCCC(=O)CCCC[N+](C)(C)[O-]. The Balaban J connectivity index is 3.23. The molecule has 0 fully saturated rings. The molecule has 0 aromatic carbocycles. The summed E-state index contributed by atoms with van der Waals surface area (Å²) in [7, 11) is 3.31. The summed E-state index contributed by atoms with van der Waals surface area (Å²) in [5, 5.41) is 11.4. The average molecular weight is 299 g/mol. The number of nitrogens with zero attached hydrogens (tertiary/aromatic N) is 1. The van der Waals surface area contributed by atoms with E-state index in [1.807, 2.05) is 0 Å². The van der Waals surface area contributed by atoms with E-state index in [4.69, 9.17) is 0 Å². The van der Waals surface area contributed by atoms with Gasteiger partial charge in [-0.2, -0.15) is 0 Å². The summed E-state index contributed by atoms with van der Waals surface area (Å²) in [6, 6.07) is 0. The standard InChI is InChI=1S/C18H37NO2/c1-4-5-6-7-8-9-10-11-12-15-18(20)16-13-14-17-19(2,3)21/h4-17H2,1-3H3. The van der Waals surface area contributed by atoms with Crippen LogP contribution in [-0.4, -0.2) is 31.1 Å². The number of Topliss-reactive ketones (excluding diaryl/α,β-unsaturated/α-hetero) is 1. The van der Waals surface area contributed by atoms with Crippen molar-refractivity contribution in [1.82, 2.24) is 0 Å². The molecule has 0 aliphatic heterocycles. The zero-order chi connectivity index (χ0) is 16.0. The third-order valence-electron chi connectivity index (χ3n) is 3.96. The summed E-state index contributed by atoms with van der Waals surface area (Å²) >= 11 is 0. The summed E-state index contributed by atoms with van der Waals surface area (Å²) in [5.41, 5.74) is 0. The van der Waals surface area contributed by atoms with Crippen molar-refractivity contribution >= 4 is 5.78 Å². The molecule has 0 spiro atoms. The first kappa shape index (κ1) is 20.6. The molecule has 0 saturated carbocycles. The second kappa shape index (κ2) is 13.3. The van der Waals surface area contributed by atoms with Crippen LogP contribution in [0.1, 0.15) is 90.4 Å². The van der Waals surface area contributed by atoms with Gasteiger partial charge in [0.05, 0.1) is 20.6 Å². The molecule has 0 aliphatic carbocycles. The minimum absolute atomic E-state index is 0.244. The highest BCUT2D eigenvalue weighted by molar-refractivity contribution is 5.78. The number of ketones is 1. The minimum atomic E-state index is -0.244. The minimum Gasteiger partial charge on any atom is -0.633 e. The molecule has 0 aromatic rings. The Morgan fingerprint density at radius 2 is 1.19 bits per heavy atom. The van der Waals surface area contributed by atoms with Crippen LogP contribution in [0.2, 0.25) is 0 Å². The molecule has 0 amide bonds. The van der Waals surface area contributed by atoms with Crippen LogP contribution in [0.4, 0.5) is 0 Å². The first-order chi connectivity index (χ1) is 9.95. The maximum Gasteiger partial charge on any atom is 0.132 e. The number of carbonyl (C=O) groups excluding carboxylic acids is 1. The predicted octanol–water partition coefficient (Wildman–Crippen LogP) is 5.22. The van der Waals surface area contributed by atoms with Gasteiger partial charge in [-0.15, -0.1) is 0 Å². The van der Waals surface area contributed by atoms with Gasteiger partial charge in [-0.1, -0.05) is 58.3 Å². The number of rotatable bonds is 15. The van der Waals surface area contributed by atoms with E-state index in [1.54, 1.807) is 14.1 Å². The van der Waals surface area contributed by atoms with Gasteiger partial charge in [0.25, 0.3) is 0 Å². The van der Waals surface area contributed by atoms with Crippen molar-refractivity contribution < 1.29 is 9.44 Å². The molecule has 3 heteroatoms. The Morgan fingerprint density at radius 3 is 1.67 bits per heavy atom. The quantitative estimate of drug-likeness (QED) is 0.236. The Kier molecular flexibility index (Phi) is 13.0. The van der Waals surface area contributed by atoms with Crippen molar-refractivity contribution in [1.29, 1.82) is 0 Å². The summed E-state index contributed by atoms with van der Waals surface area (Å²) in [6.45, 7) is 2.86. The fourth-order valence-electron chi connectivity index (χ4n) is 2.57. The molecule has 126 valence electrons. The highest BCUT2D eigenvalue weighted by Crippen LogP contribution is 2.12. The molecule has 21 heavy (non-hydrogen) atoms. The molecular weight excluding hydrogens is 262 g/mol. The van der Waals surface area contributed by atoms with Crippen LogP contribution in [0.3, 0.4) is 0 Å². The smallest absolute Gasteiger partial charge is 0.132 e. The van der Waals surface area contributed by atoms with E-state index in [1.165, 1.54) is 51.4 Å². The second-order valence-electron chi connectivity index (χ2n) is 6.87. The van der Waals surface area contributed by atoms with E-state index in [9.17, 15) is 10.0 Å². The number of hydroxylamine groups is 3. The third-order valence-corrected chi connectivity index (χ3v) is 3.96. The Bertz CT molecular complexity index is 246. The monoisotopic (exact) mass is 299 g/mol. The second-order valence-corrected chi connectivity index (χ2v) is 6.87. The average Bonchev–Trinajstić information content (AvgIpc) is 2.41. The van der Waals surface area contributed by atoms with Gasteiger partial charge in [0.2, 0.25) is 0 Å². The maximum absolute atomic E-state index is 11.7.